The predicted octanol–water partition coefficient (Wildman–Crippen LogP) is 4.01. The number of nitrogens with one attached hydrogen (secondary N) is 1. The monoisotopic (exact) mass is 356 g/mol. The van der Waals surface area contributed by atoms with Crippen molar-refractivity contribution in [3.8, 4) is 5.75 Å². The largest absolute Gasteiger partial charge is 0.497 e. The zero-order valence-electron chi connectivity index (χ0n) is 11.5. The van der Waals surface area contributed by atoms with Crippen LogP contribution in [0.15, 0.2) is 29.6 Å². The molecule has 6 nitrogen and oxygen atoms in total. The molecule has 0 bridgehead atoms. The van der Waals surface area contributed by atoms with Gasteiger partial charge in [-0.3, -0.25) is 4.57 Å². The molecule has 0 aliphatic heterocycles. The van der Waals surface area contributed by atoms with Crippen molar-refractivity contribution in [1.29, 1.82) is 0 Å². The molecular formula is C13H13N2O4PS2. The van der Waals surface area contributed by atoms with Gasteiger partial charge in [0.1, 0.15) is 5.75 Å². The second-order valence-corrected chi connectivity index (χ2v) is 7.14. The number of benzene rings is 1. The molecule has 0 spiro atoms. The number of fused-ring (bicyclic) bond motifs is 1. The first-order valence-electron chi connectivity index (χ1n) is 6.29. The summed E-state index contributed by atoms with van der Waals surface area (Å²) < 4.78 is 21.7. The highest BCUT2D eigenvalue weighted by Gasteiger charge is 2.10. The van der Waals surface area contributed by atoms with Gasteiger partial charge < -0.3 is 19.5 Å². The number of aromatic nitrogens is 1. The molecule has 0 saturated carbocycles. The predicted molar refractivity (Wildman–Crippen MR) is 89.8 cm³/mol. The molecule has 1 unspecified atom stereocenters. The number of methoxy groups -OCH3 is 1. The molecule has 3 aromatic rings. The van der Waals surface area contributed by atoms with Gasteiger partial charge in [0.05, 0.1) is 34.5 Å². The Kier molecular flexibility index (Phi) is 4.75. The SMILES string of the molecule is COc1ccc2nc(Nc3ccsc3CO[PH](=O)O)sc2c1. The maximum atomic E-state index is 10.7. The van der Waals surface area contributed by atoms with Crippen LogP contribution in [0.3, 0.4) is 0 Å². The summed E-state index contributed by atoms with van der Waals surface area (Å²) >= 11 is 2.97. The van der Waals surface area contributed by atoms with Gasteiger partial charge in [-0.2, -0.15) is 0 Å². The molecule has 0 aliphatic carbocycles. The lowest BCUT2D eigenvalue weighted by atomic mass is 10.3. The molecule has 116 valence electrons. The fourth-order valence-electron chi connectivity index (χ4n) is 1.89. The van der Waals surface area contributed by atoms with Crippen LogP contribution in [0.4, 0.5) is 10.8 Å². The van der Waals surface area contributed by atoms with E-state index in [1.165, 1.54) is 22.7 Å². The van der Waals surface area contributed by atoms with Crippen molar-refractivity contribution < 1.29 is 18.7 Å². The molecule has 2 heterocycles. The summed E-state index contributed by atoms with van der Waals surface area (Å²) in [7, 11) is -1.29. The molecule has 0 radical (unpaired) electrons. The van der Waals surface area contributed by atoms with E-state index < -0.39 is 8.25 Å². The quantitative estimate of drug-likeness (QED) is 0.650. The van der Waals surface area contributed by atoms with Crippen molar-refractivity contribution in [2.45, 2.75) is 6.61 Å². The van der Waals surface area contributed by atoms with E-state index in [0.717, 1.165) is 31.7 Å². The van der Waals surface area contributed by atoms with E-state index >= 15 is 0 Å². The van der Waals surface area contributed by atoms with Crippen molar-refractivity contribution in [3.05, 3.63) is 34.5 Å². The van der Waals surface area contributed by atoms with Crippen molar-refractivity contribution in [2.24, 2.45) is 0 Å². The van der Waals surface area contributed by atoms with E-state index in [0.29, 0.717) is 0 Å². The van der Waals surface area contributed by atoms with E-state index in [9.17, 15) is 4.57 Å². The third-order valence-corrected chi connectivity index (χ3v) is 5.13. The summed E-state index contributed by atoms with van der Waals surface area (Å²) in [6, 6.07) is 7.61. The van der Waals surface area contributed by atoms with Crippen LogP contribution in [0.2, 0.25) is 0 Å². The molecule has 0 aliphatic rings. The Morgan fingerprint density at radius 3 is 3.05 bits per heavy atom. The first kappa shape index (κ1) is 15.5. The molecule has 2 aromatic heterocycles. The van der Waals surface area contributed by atoms with Crippen LogP contribution in [-0.2, 0) is 15.7 Å². The van der Waals surface area contributed by atoms with Gasteiger partial charge in [-0.25, -0.2) is 4.98 Å². The van der Waals surface area contributed by atoms with Crippen LogP contribution in [0, 0.1) is 0 Å². The van der Waals surface area contributed by atoms with E-state index in [-0.39, 0.29) is 6.61 Å². The maximum Gasteiger partial charge on any atom is 0.316 e. The van der Waals surface area contributed by atoms with Gasteiger partial charge in [-0.05, 0) is 29.6 Å². The van der Waals surface area contributed by atoms with Gasteiger partial charge in [-0.1, -0.05) is 11.3 Å². The van der Waals surface area contributed by atoms with Gasteiger partial charge in [0.2, 0.25) is 0 Å². The van der Waals surface area contributed by atoms with Crippen LogP contribution in [0.25, 0.3) is 10.2 Å². The summed E-state index contributed by atoms with van der Waals surface area (Å²) in [5, 5.41) is 5.87. The number of thiophene rings is 1. The number of nitrogens with zero attached hydrogens (tertiary/aromatic N) is 1. The Balaban J connectivity index is 1.81. The van der Waals surface area contributed by atoms with E-state index in [1.807, 2.05) is 29.6 Å². The Labute approximate surface area is 135 Å². The lowest BCUT2D eigenvalue weighted by molar-refractivity contribution is 0.275. The first-order valence-corrected chi connectivity index (χ1v) is 9.25. The molecule has 0 amide bonds. The normalized spacial score (nSPS) is 12.5. The highest BCUT2D eigenvalue weighted by atomic mass is 32.1. The fraction of sp³-hybridized carbons (Fsp3) is 0.154. The Morgan fingerprint density at radius 1 is 1.41 bits per heavy atom. The van der Waals surface area contributed by atoms with Crippen molar-refractivity contribution in [3.63, 3.8) is 0 Å². The van der Waals surface area contributed by atoms with Crippen LogP contribution < -0.4 is 10.1 Å². The minimum atomic E-state index is -2.92. The van der Waals surface area contributed by atoms with Crippen LogP contribution in [0.1, 0.15) is 4.88 Å². The number of ether oxygens (including phenoxy) is 1. The number of anilines is 2. The number of rotatable bonds is 6. The molecule has 3 rings (SSSR count). The smallest absolute Gasteiger partial charge is 0.316 e. The molecule has 2 N–H and O–H groups in total. The molecular weight excluding hydrogens is 343 g/mol. The molecule has 1 atom stereocenters. The summed E-state index contributed by atoms with van der Waals surface area (Å²) in [5.41, 5.74) is 1.72. The second-order valence-electron chi connectivity index (χ2n) is 4.29. The van der Waals surface area contributed by atoms with Gasteiger partial charge in [0.15, 0.2) is 5.13 Å². The fourth-order valence-corrected chi connectivity index (χ4v) is 3.91. The lowest BCUT2D eigenvalue weighted by Crippen LogP contribution is -1.92. The molecule has 0 fully saturated rings. The highest BCUT2D eigenvalue weighted by molar-refractivity contribution is 7.32. The van der Waals surface area contributed by atoms with E-state index in [4.69, 9.17) is 14.2 Å². The van der Waals surface area contributed by atoms with Crippen molar-refractivity contribution >= 4 is 52.0 Å². The van der Waals surface area contributed by atoms with Gasteiger partial charge in [-0.15, -0.1) is 11.3 Å². The van der Waals surface area contributed by atoms with E-state index in [2.05, 4.69) is 10.3 Å². The van der Waals surface area contributed by atoms with Gasteiger partial charge in [0.25, 0.3) is 0 Å². The number of hydrogen-bond acceptors (Lipinski definition) is 7. The summed E-state index contributed by atoms with van der Waals surface area (Å²) in [5.74, 6) is 0.792. The zero-order chi connectivity index (χ0) is 15.5. The Bertz CT molecular complexity index is 817. The second kappa shape index (κ2) is 6.76. The molecule has 0 saturated heterocycles. The Morgan fingerprint density at radius 2 is 2.27 bits per heavy atom. The number of thiazole rings is 1. The molecule has 9 heteroatoms. The standard InChI is InChI=1S/C13H13N2O4PS2/c1-18-8-2-3-9-11(6-8)22-13(14-9)15-10-4-5-21-12(10)7-19-20(16)17/h2-6,20H,7H2,1H3,(H,14,15)(H,16,17). The highest BCUT2D eigenvalue weighted by Crippen LogP contribution is 2.34. The van der Waals surface area contributed by atoms with E-state index in [1.54, 1.807) is 7.11 Å². The first-order chi connectivity index (χ1) is 10.7. The molecule has 1 aromatic carbocycles. The van der Waals surface area contributed by atoms with Crippen molar-refractivity contribution in [2.75, 3.05) is 12.4 Å². The minimum Gasteiger partial charge on any atom is -0.497 e. The molecule has 22 heavy (non-hydrogen) atoms. The maximum absolute atomic E-state index is 10.7. The summed E-state index contributed by atoms with van der Waals surface area (Å²) in [6.45, 7) is 0.104. The van der Waals surface area contributed by atoms with Crippen LogP contribution >= 0.6 is 30.9 Å². The third-order valence-electron chi connectivity index (χ3n) is 2.91. The topological polar surface area (TPSA) is 80.7 Å². The van der Waals surface area contributed by atoms with Crippen molar-refractivity contribution in [1.82, 2.24) is 4.98 Å². The summed E-state index contributed by atoms with van der Waals surface area (Å²) in [6.07, 6.45) is 0. The minimum absolute atomic E-state index is 0.104. The average molecular weight is 356 g/mol. The van der Waals surface area contributed by atoms with Crippen LogP contribution in [0.5, 0.6) is 5.75 Å². The average Bonchev–Trinajstić information content (AvgIpc) is 3.10. The van der Waals surface area contributed by atoms with Gasteiger partial charge >= 0.3 is 8.25 Å². The number of hydrogen-bond donors (Lipinski definition) is 2. The lowest BCUT2D eigenvalue weighted by Gasteiger charge is -2.03. The Hall–Kier alpha value is -1.44. The summed E-state index contributed by atoms with van der Waals surface area (Å²) in [4.78, 5) is 14.1. The third kappa shape index (κ3) is 3.48. The van der Waals surface area contributed by atoms with Crippen LogP contribution in [-0.4, -0.2) is 17.0 Å². The zero-order valence-corrected chi connectivity index (χ0v) is 14.2. The van der Waals surface area contributed by atoms with Gasteiger partial charge in [0, 0.05) is 0 Å².